The number of anilines is 3. The first kappa shape index (κ1) is 13.3. The first-order valence-electron chi connectivity index (χ1n) is 5.51. The van der Waals surface area contributed by atoms with E-state index >= 15 is 0 Å². The summed E-state index contributed by atoms with van der Waals surface area (Å²) in [7, 11) is 0. The molecule has 0 radical (unpaired) electrons. The van der Waals surface area contributed by atoms with Gasteiger partial charge in [-0.1, -0.05) is 0 Å². The lowest BCUT2D eigenvalue weighted by atomic mass is 10.2. The Morgan fingerprint density at radius 2 is 2.00 bits per heavy atom. The Balaban J connectivity index is 2.35. The van der Waals surface area contributed by atoms with Gasteiger partial charge in [0.1, 0.15) is 11.9 Å². The third-order valence-corrected chi connectivity index (χ3v) is 2.53. The summed E-state index contributed by atoms with van der Waals surface area (Å²) in [5.41, 5.74) is 6.34. The molecule has 0 spiro atoms. The third kappa shape index (κ3) is 2.81. The maximum Gasteiger partial charge on any atom is 0.273 e. The summed E-state index contributed by atoms with van der Waals surface area (Å²) in [6, 6.07) is 9.62. The van der Waals surface area contributed by atoms with Crippen LogP contribution >= 0.6 is 0 Å². The Hall–Kier alpha value is -3.14. The first-order valence-corrected chi connectivity index (χ1v) is 5.51. The average molecular weight is 272 g/mol. The molecule has 0 saturated carbocycles. The first-order chi connectivity index (χ1) is 9.49. The molecule has 20 heavy (non-hydrogen) atoms. The number of nitrogen functional groups attached to an aromatic ring is 1. The van der Waals surface area contributed by atoms with Gasteiger partial charge in [-0.3, -0.25) is 10.1 Å². The van der Waals surface area contributed by atoms with Gasteiger partial charge in [0.15, 0.2) is 0 Å². The van der Waals surface area contributed by atoms with Crippen molar-refractivity contribution in [1.82, 2.24) is 0 Å². The van der Waals surface area contributed by atoms with Gasteiger partial charge in [0, 0.05) is 29.2 Å². The van der Waals surface area contributed by atoms with Crippen LogP contribution in [0, 0.1) is 27.3 Å². The Labute approximate surface area is 113 Å². The van der Waals surface area contributed by atoms with Gasteiger partial charge < -0.3 is 11.1 Å². The number of nitro benzene ring substituents is 1. The van der Waals surface area contributed by atoms with Gasteiger partial charge in [0.2, 0.25) is 0 Å². The molecule has 0 bridgehead atoms. The molecule has 7 heteroatoms. The summed E-state index contributed by atoms with van der Waals surface area (Å²) in [4.78, 5) is 10.2. The van der Waals surface area contributed by atoms with Crippen LogP contribution in [0.3, 0.4) is 0 Å². The average Bonchev–Trinajstić information content (AvgIpc) is 2.40. The van der Waals surface area contributed by atoms with E-state index in [2.05, 4.69) is 5.32 Å². The van der Waals surface area contributed by atoms with Crippen molar-refractivity contribution >= 4 is 22.7 Å². The second-order valence-electron chi connectivity index (χ2n) is 4.00. The van der Waals surface area contributed by atoms with E-state index in [0.717, 1.165) is 6.07 Å². The molecule has 3 N–H and O–H groups in total. The van der Waals surface area contributed by atoms with Gasteiger partial charge in [-0.15, -0.1) is 0 Å². The van der Waals surface area contributed by atoms with E-state index in [1.165, 1.54) is 30.3 Å². The highest BCUT2D eigenvalue weighted by Gasteiger charge is 2.09. The van der Waals surface area contributed by atoms with Crippen LogP contribution in [0.25, 0.3) is 0 Å². The number of benzene rings is 2. The number of nitriles is 1. The molecule has 2 aromatic carbocycles. The lowest BCUT2D eigenvalue weighted by Gasteiger charge is -2.08. The number of halogens is 1. The molecular formula is C13H9FN4O2. The molecule has 0 amide bonds. The van der Waals surface area contributed by atoms with Crippen LogP contribution in [-0.4, -0.2) is 4.92 Å². The van der Waals surface area contributed by atoms with Crippen LogP contribution < -0.4 is 11.1 Å². The van der Waals surface area contributed by atoms with Crippen molar-refractivity contribution < 1.29 is 9.31 Å². The van der Waals surface area contributed by atoms with Gasteiger partial charge >= 0.3 is 0 Å². The van der Waals surface area contributed by atoms with Crippen molar-refractivity contribution in [3.05, 3.63) is 57.9 Å². The Bertz CT molecular complexity index is 725. The fourth-order valence-corrected chi connectivity index (χ4v) is 1.67. The zero-order valence-corrected chi connectivity index (χ0v) is 10.1. The predicted molar refractivity (Wildman–Crippen MR) is 71.9 cm³/mol. The zero-order chi connectivity index (χ0) is 14.7. The second kappa shape index (κ2) is 5.24. The highest BCUT2D eigenvalue weighted by molar-refractivity contribution is 5.68. The molecule has 0 aliphatic carbocycles. The van der Waals surface area contributed by atoms with E-state index in [1.807, 2.05) is 0 Å². The summed E-state index contributed by atoms with van der Waals surface area (Å²) in [5, 5.41) is 22.3. The van der Waals surface area contributed by atoms with E-state index in [4.69, 9.17) is 11.0 Å². The monoisotopic (exact) mass is 272 g/mol. The summed E-state index contributed by atoms with van der Waals surface area (Å²) in [5.74, 6) is -0.628. The minimum absolute atomic E-state index is 0.117. The maximum atomic E-state index is 13.2. The fraction of sp³-hybridized carbons (Fsp3) is 0. The van der Waals surface area contributed by atoms with Gasteiger partial charge in [-0.05, 0) is 24.3 Å². The predicted octanol–water partition coefficient (Wildman–Crippen LogP) is 2.93. The van der Waals surface area contributed by atoms with Crippen molar-refractivity contribution in [3.8, 4) is 6.07 Å². The van der Waals surface area contributed by atoms with E-state index in [-0.39, 0.29) is 16.9 Å². The molecule has 0 fully saturated rings. The van der Waals surface area contributed by atoms with Crippen molar-refractivity contribution in [1.29, 1.82) is 5.26 Å². The minimum atomic E-state index is -0.628. The number of rotatable bonds is 3. The van der Waals surface area contributed by atoms with Gasteiger partial charge in [-0.25, -0.2) is 4.39 Å². The highest BCUT2D eigenvalue weighted by Crippen LogP contribution is 2.26. The van der Waals surface area contributed by atoms with Crippen LogP contribution in [0.5, 0.6) is 0 Å². The smallest absolute Gasteiger partial charge is 0.273 e. The van der Waals surface area contributed by atoms with Crippen molar-refractivity contribution in [2.75, 3.05) is 11.1 Å². The van der Waals surface area contributed by atoms with E-state index in [1.54, 1.807) is 6.07 Å². The highest BCUT2D eigenvalue weighted by atomic mass is 19.1. The normalized spacial score (nSPS) is 9.80. The van der Waals surface area contributed by atoms with Gasteiger partial charge in [0.25, 0.3) is 5.69 Å². The lowest BCUT2D eigenvalue weighted by molar-refractivity contribution is -0.384. The van der Waals surface area contributed by atoms with E-state index < -0.39 is 10.7 Å². The number of nitrogens with zero attached hydrogens (tertiary/aromatic N) is 2. The largest absolute Gasteiger partial charge is 0.398 e. The molecule has 0 aliphatic heterocycles. The lowest BCUT2D eigenvalue weighted by Crippen LogP contribution is -1.97. The molecule has 2 aromatic rings. The standard InChI is InChI=1S/C13H9FN4O2/c14-13-2-1-10(3-8(13)7-15)17-11-4-9(16)5-12(6-11)18(19)20/h1-6,17H,16H2. The number of nitro groups is 1. The molecule has 0 saturated heterocycles. The number of nitrogens with one attached hydrogen (secondary N) is 1. The van der Waals surface area contributed by atoms with Gasteiger partial charge in [0.05, 0.1) is 10.5 Å². The third-order valence-electron chi connectivity index (χ3n) is 2.53. The van der Waals surface area contributed by atoms with Crippen LogP contribution in [0.4, 0.5) is 27.1 Å². The number of hydrogen-bond acceptors (Lipinski definition) is 5. The van der Waals surface area contributed by atoms with E-state index in [0.29, 0.717) is 11.4 Å². The summed E-state index contributed by atoms with van der Waals surface area (Å²) in [6.07, 6.45) is 0. The summed E-state index contributed by atoms with van der Waals surface area (Å²) in [6.45, 7) is 0. The van der Waals surface area contributed by atoms with Crippen LogP contribution in [0.2, 0.25) is 0 Å². The number of non-ortho nitro benzene ring substituents is 1. The maximum absolute atomic E-state index is 13.2. The molecule has 0 unspecified atom stereocenters. The van der Waals surface area contributed by atoms with Gasteiger partial charge in [-0.2, -0.15) is 5.26 Å². The minimum Gasteiger partial charge on any atom is -0.398 e. The van der Waals surface area contributed by atoms with Crippen molar-refractivity contribution in [3.63, 3.8) is 0 Å². The molecule has 6 nitrogen and oxygen atoms in total. The zero-order valence-electron chi connectivity index (χ0n) is 10.1. The Morgan fingerprint density at radius 3 is 2.65 bits per heavy atom. The molecule has 100 valence electrons. The Morgan fingerprint density at radius 1 is 1.25 bits per heavy atom. The van der Waals surface area contributed by atoms with Crippen LogP contribution in [0.1, 0.15) is 5.56 Å². The van der Waals surface area contributed by atoms with Crippen molar-refractivity contribution in [2.45, 2.75) is 0 Å². The molecule has 0 heterocycles. The Kier molecular flexibility index (Phi) is 3.48. The molecule has 2 rings (SSSR count). The molecule has 0 atom stereocenters. The summed E-state index contributed by atoms with van der Waals surface area (Å²) < 4.78 is 13.2. The van der Waals surface area contributed by atoms with Crippen LogP contribution in [-0.2, 0) is 0 Å². The quantitative estimate of drug-likeness (QED) is 0.507. The van der Waals surface area contributed by atoms with Crippen LogP contribution in [0.15, 0.2) is 36.4 Å². The number of nitrogens with two attached hydrogens (primary N) is 1. The fourth-order valence-electron chi connectivity index (χ4n) is 1.67. The molecule has 0 aromatic heterocycles. The SMILES string of the molecule is N#Cc1cc(Nc2cc(N)cc([N+](=O)[O-])c2)ccc1F. The number of hydrogen-bond donors (Lipinski definition) is 2. The molecular weight excluding hydrogens is 263 g/mol. The summed E-state index contributed by atoms with van der Waals surface area (Å²) >= 11 is 0. The topological polar surface area (TPSA) is 105 Å². The molecule has 0 aliphatic rings. The van der Waals surface area contributed by atoms with E-state index in [9.17, 15) is 14.5 Å². The second-order valence-corrected chi connectivity index (χ2v) is 4.00. The van der Waals surface area contributed by atoms with Crippen molar-refractivity contribution in [2.24, 2.45) is 0 Å².